The Hall–Kier alpha value is -2.06. The summed E-state index contributed by atoms with van der Waals surface area (Å²) in [5, 5.41) is 11.8. The maximum Gasteiger partial charge on any atom is 0.191 e. The van der Waals surface area contributed by atoms with E-state index in [-0.39, 0.29) is 30.0 Å². The van der Waals surface area contributed by atoms with Crippen molar-refractivity contribution >= 4 is 41.5 Å². The summed E-state index contributed by atoms with van der Waals surface area (Å²) >= 11 is 5.95. The van der Waals surface area contributed by atoms with Crippen LogP contribution in [0.4, 0.5) is 0 Å². The summed E-state index contributed by atoms with van der Waals surface area (Å²) in [7, 11) is 1.77. The van der Waals surface area contributed by atoms with E-state index in [1.165, 1.54) is 0 Å². The Balaban J connectivity index is 0.00000261. The molecule has 7 heteroatoms. The van der Waals surface area contributed by atoms with Gasteiger partial charge in [-0.05, 0) is 48.4 Å². The molecule has 3 aromatic rings. The number of hydrogen-bond acceptors (Lipinski definition) is 2. The minimum atomic E-state index is 0. The molecule has 1 atom stereocenters. The van der Waals surface area contributed by atoms with Gasteiger partial charge in [0.2, 0.25) is 0 Å². The quantitative estimate of drug-likeness (QED) is 0.310. The molecule has 3 rings (SSSR count). The highest BCUT2D eigenvalue weighted by molar-refractivity contribution is 14.0. The highest BCUT2D eigenvalue weighted by Gasteiger charge is 2.08. The van der Waals surface area contributed by atoms with E-state index >= 15 is 0 Å². The Labute approximate surface area is 181 Å². The number of aliphatic imine (C=N–C) groups is 1. The van der Waals surface area contributed by atoms with Gasteiger partial charge in [-0.25, -0.2) is 4.68 Å². The first-order chi connectivity index (χ1) is 12.7. The molecule has 0 saturated heterocycles. The second-order valence-electron chi connectivity index (χ2n) is 5.96. The van der Waals surface area contributed by atoms with Crippen molar-refractivity contribution < 1.29 is 0 Å². The lowest BCUT2D eigenvalue weighted by molar-refractivity contribution is 0.685. The van der Waals surface area contributed by atoms with E-state index in [1.54, 1.807) is 13.2 Å². The number of guanidine groups is 1. The lowest BCUT2D eigenvalue weighted by atomic mass is 10.1. The van der Waals surface area contributed by atoms with Crippen LogP contribution in [0.3, 0.4) is 0 Å². The first kappa shape index (κ1) is 21.2. The molecule has 1 heterocycles. The van der Waals surface area contributed by atoms with Crippen LogP contribution in [0, 0.1) is 0 Å². The number of nitrogens with one attached hydrogen (secondary N) is 2. The predicted octanol–water partition coefficient (Wildman–Crippen LogP) is 4.57. The molecule has 0 aliphatic heterocycles. The minimum absolute atomic E-state index is 0. The van der Waals surface area contributed by atoms with Crippen molar-refractivity contribution in [1.29, 1.82) is 0 Å². The van der Waals surface area contributed by atoms with Gasteiger partial charge in [-0.3, -0.25) is 4.99 Å². The first-order valence-corrected chi connectivity index (χ1v) is 8.85. The van der Waals surface area contributed by atoms with Crippen LogP contribution < -0.4 is 10.6 Å². The molecule has 2 N–H and O–H groups in total. The van der Waals surface area contributed by atoms with Gasteiger partial charge in [-0.15, -0.1) is 24.0 Å². The monoisotopic (exact) mass is 495 g/mol. The van der Waals surface area contributed by atoms with Crippen molar-refractivity contribution in [2.45, 2.75) is 19.5 Å². The molecule has 2 aromatic carbocycles. The number of rotatable bonds is 5. The molecular formula is C20H23ClIN5. The third kappa shape index (κ3) is 5.97. The van der Waals surface area contributed by atoms with E-state index in [0.29, 0.717) is 6.54 Å². The van der Waals surface area contributed by atoms with Gasteiger partial charge in [0, 0.05) is 31.0 Å². The van der Waals surface area contributed by atoms with Gasteiger partial charge in [0.15, 0.2) is 5.96 Å². The van der Waals surface area contributed by atoms with Crippen molar-refractivity contribution in [2.75, 3.05) is 7.05 Å². The summed E-state index contributed by atoms with van der Waals surface area (Å²) in [4.78, 5) is 4.31. The zero-order valence-corrected chi connectivity index (χ0v) is 18.3. The number of nitrogens with zero attached hydrogens (tertiary/aromatic N) is 3. The topological polar surface area (TPSA) is 54.2 Å². The lowest BCUT2D eigenvalue weighted by Gasteiger charge is -2.18. The van der Waals surface area contributed by atoms with Crippen LogP contribution in [0.2, 0.25) is 5.02 Å². The molecule has 1 aromatic heterocycles. The van der Waals surface area contributed by atoms with Crippen molar-refractivity contribution in [3.8, 4) is 5.69 Å². The maximum absolute atomic E-state index is 5.95. The molecule has 27 heavy (non-hydrogen) atoms. The molecule has 5 nitrogen and oxygen atoms in total. The van der Waals surface area contributed by atoms with E-state index in [9.17, 15) is 0 Å². The van der Waals surface area contributed by atoms with Crippen molar-refractivity contribution in [1.82, 2.24) is 20.4 Å². The molecule has 0 radical (unpaired) electrons. The molecule has 0 bridgehead atoms. The Morgan fingerprint density at radius 2 is 1.96 bits per heavy atom. The zero-order chi connectivity index (χ0) is 18.4. The molecule has 0 spiro atoms. The van der Waals surface area contributed by atoms with Crippen LogP contribution in [0.1, 0.15) is 24.1 Å². The molecule has 0 fully saturated rings. The molecule has 0 amide bonds. The Kier molecular flexibility index (Phi) is 8.12. The predicted molar refractivity (Wildman–Crippen MR) is 122 cm³/mol. The standard InChI is InChI=1S/C20H22ClN5.HI/c1-15(17-7-9-18(21)10-8-17)25-20(22-2)23-14-16-5-3-6-19(13-16)26-12-4-11-24-26;/h3-13,15H,14H2,1-2H3,(H2,22,23,25);1H. The fraction of sp³-hybridized carbons (Fsp3) is 0.200. The second kappa shape index (κ2) is 10.3. The van der Waals surface area contributed by atoms with Crippen LogP contribution in [0.5, 0.6) is 0 Å². The summed E-state index contributed by atoms with van der Waals surface area (Å²) in [6.07, 6.45) is 3.70. The maximum atomic E-state index is 5.95. The fourth-order valence-electron chi connectivity index (χ4n) is 2.65. The highest BCUT2D eigenvalue weighted by atomic mass is 127. The number of aromatic nitrogens is 2. The summed E-state index contributed by atoms with van der Waals surface area (Å²) < 4.78 is 1.85. The van der Waals surface area contributed by atoms with Crippen LogP contribution in [-0.4, -0.2) is 22.8 Å². The molecule has 0 aliphatic carbocycles. The van der Waals surface area contributed by atoms with Crippen molar-refractivity contribution in [3.05, 3.63) is 83.1 Å². The molecular weight excluding hydrogens is 473 g/mol. The molecule has 142 valence electrons. The zero-order valence-electron chi connectivity index (χ0n) is 15.3. The fourth-order valence-corrected chi connectivity index (χ4v) is 2.78. The third-order valence-corrected chi connectivity index (χ3v) is 4.34. The van der Waals surface area contributed by atoms with Crippen LogP contribution >= 0.6 is 35.6 Å². The summed E-state index contributed by atoms with van der Waals surface area (Å²) in [6, 6.07) is 18.1. The summed E-state index contributed by atoms with van der Waals surface area (Å²) in [5.74, 6) is 0.747. The van der Waals surface area contributed by atoms with Gasteiger partial charge >= 0.3 is 0 Å². The molecule has 1 unspecified atom stereocenters. The largest absolute Gasteiger partial charge is 0.352 e. The Bertz CT molecular complexity index is 862. The van der Waals surface area contributed by atoms with Gasteiger partial charge in [-0.1, -0.05) is 35.9 Å². The van der Waals surface area contributed by atoms with Crippen LogP contribution in [-0.2, 0) is 6.54 Å². The van der Waals surface area contributed by atoms with E-state index in [0.717, 1.165) is 27.8 Å². The van der Waals surface area contributed by atoms with Gasteiger partial charge < -0.3 is 10.6 Å². The lowest BCUT2D eigenvalue weighted by Crippen LogP contribution is -2.38. The Morgan fingerprint density at radius 3 is 2.63 bits per heavy atom. The van der Waals surface area contributed by atoms with Crippen LogP contribution in [0.25, 0.3) is 5.69 Å². The van der Waals surface area contributed by atoms with Gasteiger partial charge in [-0.2, -0.15) is 5.10 Å². The SMILES string of the molecule is CN=C(NCc1cccc(-n2cccn2)c1)NC(C)c1ccc(Cl)cc1.I. The smallest absolute Gasteiger partial charge is 0.191 e. The normalized spacial score (nSPS) is 12.2. The summed E-state index contributed by atoms with van der Waals surface area (Å²) in [6.45, 7) is 2.76. The average Bonchev–Trinajstić information content (AvgIpc) is 3.20. The van der Waals surface area contributed by atoms with Crippen LogP contribution in [0.15, 0.2) is 72.0 Å². The Morgan fingerprint density at radius 1 is 1.19 bits per heavy atom. The summed E-state index contributed by atoms with van der Waals surface area (Å²) in [5.41, 5.74) is 3.34. The third-order valence-electron chi connectivity index (χ3n) is 4.09. The van der Waals surface area contributed by atoms with Crippen molar-refractivity contribution in [2.24, 2.45) is 4.99 Å². The van der Waals surface area contributed by atoms with Crippen molar-refractivity contribution in [3.63, 3.8) is 0 Å². The average molecular weight is 496 g/mol. The van der Waals surface area contributed by atoms with E-state index in [4.69, 9.17) is 11.6 Å². The minimum Gasteiger partial charge on any atom is -0.352 e. The number of hydrogen-bond donors (Lipinski definition) is 2. The number of benzene rings is 2. The van der Waals surface area contributed by atoms with Gasteiger partial charge in [0.05, 0.1) is 11.7 Å². The van der Waals surface area contributed by atoms with Gasteiger partial charge in [0.1, 0.15) is 0 Å². The number of halogens is 2. The second-order valence-corrected chi connectivity index (χ2v) is 6.40. The van der Waals surface area contributed by atoms with E-state index in [1.807, 2.05) is 53.3 Å². The van der Waals surface area contributed by atoms with Gasteiger partial charge in [0.25, 0.3) is 0 Å². The first-order valence-electron chi connectivity index (χ1n) is 8.47. The highest BCUT2D eigenvalue weighted by Crippen LogP contribution is 2.16. The molecule has 0 saturated carbocycles. The van der Waals surface area contributed by atoms with E-state index in [2.05, 4.69) is 39.8 Å². The molecule has 0 aliphatic rings. The van der Waals surface area contributed by atoms with E-state index < -0.39 is 0 Å².